The van der Waals surface area contributed by atoms with Crippen LogP contribution in [0.15, 0.2) is 83.8 Å². The van der Waals surface area contributed by atoms with E-state index < -0.39 is 16.0 Å². The van der Waals surface area contributed by atoms with Crippen LogP contribution in [-0.4, -0.2) is 19.5 Å². The molecule has 0 aliphatic heterocycles. The number of benzene rings is 3. The molecular formula is C19H15NO5S. The van der Waals surface area contributed by atoms with E-state index in [2.05, 4.69) is 4.72 Å². The molecule has 132 valence electrons. The van der Waals surface area contributed by atoms with Crippen molar-refractivity contribution < 1.29 is 23.1 Å². The van der Waals surface area contributed by atoms with Gasteiger partial charge in [-0.25, -0.2) is 13.2 Å². The summed E-state index contributed by atoms with van der Waals surface area (Å²) in [4.78, 5) is 10.9. The number of sulfonamides is 1. The number of hydrogen-bond donors (Lipinski definition) is 2. The third kappa shape index (κ3) is 4.20. The maximum Gasteiger partial charge on any atom is 0.335 e. The maximum absolute atomic E-state index is 12.4. The highest BCUT2D eigenvalue weighted by atomic mass is 32.2. The summed E-state index contributed by atoms with van der Waals surface area (Å²) in [6.07, 6.45) is 0. The minimum Gasteiger partial charge on any atom is -0.478 e. The van der Waals surface area contributed by atoms with Crippen LogP contribution in [0.3, 0.4) is 0 Å². The number of rotatable bonds is 6. The highest BCUT2D eigenvalue weighted by Crippen LogP contribution is 2.23. The van der Waals surface area contributed by atoms with Gasteiger partial charge in [0.1, 0.15) is 11.5 Å². The summed E-state index contributed by atoms with van der Waals surface area (Å²) in [5.74, 6) is 0.0918. The molecule has 0 amide bonds. The van der Waals surface area contributed by atoms with Crippen molar-refractivity contribution in [2.75, 3.05) is 4.72 Å². The van der Waals surface area contributed by atoms with Crippen LogP contribution in [0.5, 0.6) is 11.5 Å². The van der Waals surface area contributed by atoms with Crippen LogP contribution in [0, 0.1) is 0 Å². The number of nitrogens with one attached hydrogen (secondary N) is 1. The summed E-state index contributed by atoms with van der Waals surface area (Å²) in [6, 6.07) is 20.6. The Bertz CT molecular complexity index is 998. The minimum atomic E-state index is -3.79. The number of carboxylic acids is 1. The van der Waals surface area contributed by atoms with E-state index in [0.29, 0.717) is 11.5 Å². The van der Waals surface area contributed by atoms with E-state index in [0.717, 1.165) is 0 Å². The first-order chi connectivity index (χ1) is 12.4. The number of para-hydroxylation sites is 1. The van der Waals surface area contributed by atoms with Crippen LogP contribution in [0.25, 0.3) is 0 Å². The number of ether oxygens (including phenoxy) is 1. The van der Waals surface area contributed by atoms with Crippen molar-refractivity contribution in [1.82, 2.24) is 0 Å². The van der Waals surface area contributed by atoms with Crippen molar-refractivity contribution in [3.05, 3.63) is 84.4 Å². The molecule has 0 heterocycles. The third-order valence-corrected chi connectivity index (χ3v) is 4.89. The number of aromatic carboxylic acids is 1. The summed E-state index contributed by atoms with van der Waals surface area (Å²) in [7, 11) is -3.79. The Morgan fingerprint density at radius 3 is 1.96 bits per heavy atom. The van der Waals surface area contributed by atoms with E-state index in [-0.39, 0.29) is 16.1 Å². The maximum atomic E-state index is 12.4. The van der Waals surface area contributed by atoms with Crippen molar-refractivity contribution in [1.29, 1.82) is 0 Å². The average Bonchev–Trinajstić information content (AvgIpc) is 2.63. The fourth-order valence-corrected chi connectivity index (χ4v) is 3.27. The van der Waals surface area contributed by atoms with Gasteiger partial charge in [-0.15, -0.1) is 0 Å². The smallest absolute Gasteiger partial charge is 0.335 e. The number of anilines is 1. The first-order valence-electron chi connectivity index (χ1n) is 7.63. The molecule has 3 aromatic carbocycles. The first-order valence-corrected chi connectivity index (χ1v) is 9.11. The van der Waals surface area contributed by atoms with Gasteiger partial charge in [-0.05, 0) is 60.7 Å². The summed E-state index contributed by atoms with van der Waals surface area (Å²) >= 11 is 0. The Hall–Kier alpha value is -3.32. The predicted molar refractivity (Wildman–Crippen MR) is 97.2 cm³/mol. The van der Waals surface area contributed by atoms with Crippen LogP contribution in [0.4, 0.5) is 5.69 Å². The standard InChI is InChI=1S/C19H15NO5S/c21-19(22)14-6-8-15(9-7-14)20-26(23,24)18-12-10-17(11-13-18)25-16-4-2-1-3-5-16/h1-13,20H,(H,21,22). The van der Waals surface area contributed by atoms with Crippen molar-refractivity contribution in [3.63, 3.8) is 0 Å². The molecule has 0 aromatic heterocycles. The normalized spacial score (nSPS) is 10.9. The van der Waals surface area contributed by atoms with Gasteiger partial charge in [0.05, 0.1) is 10.5 Å². The van der Waals surface area contributed by atoms with E-state index in [9.17, 15) is 13.2 Å². The number of hydrogen-bond acceptors (Lipinski definition) is 4. The summed E-state index contributed by atoms with van der Waals surface area (Å²) < 4.78 is 32.9. The Morgan fingerprint density at radius 2 is 1.38 bits per heavy atom. The second kappa shape index (κ2) is 7.28. The van der Waals surface area contributed by atoms with Gasteiger partial charge in [0, 0.05) is 5.69 Å². The van der Waals surface area contributed by atoms with Crippen molar-refractivity contribution in [3.8, 4) is 11.5 Å². The second-order valence-corrected chi connectivity index (χ2v) is 7.06. The largest absolute Gasteiger partial charge is 0.478 e. The van der Waals surface area contributed by atoms with Crippen molar-refractivity contribution >= 4 is 21.7 Å². The topological polar surface area (TPSA) is 92.7 Å². The van der Waals surface area contributed by atoms with Crippen LogP contribution in [0.2, 0.25) is 0 Å². The minimum absolute atomic E-state index is 0.0697. The monoisotopic (exact) mass is 369 g/mol. The second-order valence-electron chi connectivity index (χ2n) is 5.37. The lowest BCUT2D eigenvalue weighted by Crippen LogP contribution is -2.13. The van der Waals surface area contributed by atoms with Crippen LogP contribution in [0.1, 0.15) is 10.4 Å². The summed E-state index contributed by atoms with van der Waals surface area (Å²) in [6.45, 7) is 0. The first kappa shape index (κ1) is 17.5. The lowest BCUT2D eigenvalue weighted by molar-refractivity contribution is 0.0697. The molecule has 0 radical (unpaired) electrons. The van der Waals surface area contributed by atoms with Gasteiger partial charge < -0.3 is 9.84 Å². The Kier molecular flexibility index (Phi) is 4.90. The van der Waals surface area contributed by atoms with Crippen LogP contribution >= 0.6 is 0 Å². The molecule has 0 aliphatic carbocycles. The quantitative estimate of drug-likeness (QED) is 0.686. The number of carboxylic acid groups (broad SMARTS) is 1. The number of carbonyl (C=O) groups is 1. The summed E-state index contributed by atoms with van der Waals surface area (Å²) in [5.41, 5.74) is 0.356. The zero-order valence-corrected chi connectivity index (χ0v) is 14.3. The van der Waals surface area contributed by atoms with Gasteiger partial charge >= 0.3 is 5.97 Å². The van der Waals surface area contributed by atoms with E-state index in [1.807, 2.05) is 18.2 Å². The van der Waals surface area contributed by atoms with Gasteiger partial charge in [-0.3, -0.25) is 4.72 Å². The molecule has 0 aliphatic rings. The molecule has 7 heteroatoms. The molecule has 0 unspecified atom stereocenters. The van der Waals surface area contributed by atoms with Gasteiger partial charge in [-0.2, -0.15) is 0 Å². The molecule has 3 rings (SSSR count). The molecule has 3 aromatic rings. The van der Waals surface area contributed by atoms with Crippen molar-refractivity contribution in [2.24, 2.45) is 0 Å². The fourth-order valence-electron chi connectivity index (χ4n) is 2.21. The molecular weight excluding hydrogens is 354 g/mol. The molecule has 0 saturated heterocycles. The van der Waals surface area contributed by atoms with Crippen molar-refractivity contribution in [2.45, 2.75) is 4.90 Å². The van der Waals surface area contributed by atoms with E-state index >= 15 is 0 Å². The van der Waals surface area contributed by atoms with Gasteiger partial charge in [0.25, 0.3) is 10.0 Å². The Balaban J connectivity index is 1.73. The lowest BCUT2D eigenvalue weighted by atomic mass is 10.2. The Morgan fingerprint density at radius 1 is 0.808 bits per heavy atom. The summed E-state index contributed by atoms with van der Waals surface area (Å²) in [5, 5.41) is 8.87. The molecule has 0 saturated carbocycles. The van der Waals surface area contributed by atoms with E-state index in [1.165, 1.54) is 36.4 Å². The highest BCUT2D eigenvalue weighted by molar-refractivity contribution is 7.92. The molecule has 0 fully saturated rings. The van der Waals surface area contributed by atoms with Gasteiger partial charge in [0.2, 0.25) is 0 Å². The van der Waals surface area contributed by atoms with Crippen LogP contribution < -0.4 is 9.46 Å². The Labute approximate surface area is 150 Å². The molecule has 0 bridgehead atoms. The molecule has 26 heavy (non-hydrogen) atoms. The lowest BCUT2D eigenvalue weighted by Gasteiger charge is -2.10. The molecule has 0 spiro atoms. The molecule has 2 N–H and O–H groups in total. The molecule has 6 nitrogen and oxygen atoms in total. The zero-order valence-electron chi connectivity index (χ0n) is 13.5. The van der Waals surface area contributed by atoms with E-state index in [4.69, 9.17) is 9.84 Å². The fraction of sp³-hybridized carbons (Fsp3) is 0. The zero-order chi connectivity index (χ0) is 18.6. The third-order valence-electron chi connectivity index (χ3n) is 3.50. The van der Waals surface area contributed by atoms with Gasteiger partial charge in [0.15, 0.2) is 0 Å². The average molecular weight is 369 g/mol. The van der Waals surface area contributed by atoms with Crippen LogP contribution in [-0.2, 0) is 10.0 Å². The predicted octanol–water partition coefficient (Wildman–Crippen LogP) is 3.98. The highest BCUT2D eigenvalue weighted by Gasteiger charge is 2.14. The van der Waals surface area contributed by atoms with E-state index in [1.54, 1.807) is 24.3 Å². The SMILES string of the molecule is O=C(O)c1ccc(NS(=O)(=O)c2ccc(Oc3ccccc3)cc2)cc1. The molecule has 0 atom stereocenters. The van der Waals surface area contributed by atoms with Gasteiger partial charge in [-0.1, -0.05) is 18.2 Å².